The smallest absolute Gasteiger partial charge is 0.237 e. The van der Waals surface area contributed by atoms with Crippen molar-refractivity contribution < 1.29 is 9.72 Å². The van der Waals surface area contributed by atoms with Gasteiger partial charge in [0.05, 0.1) is 0 Å². The van der Waals surface area contributed by atoms with Crippen molar-refractivity contribution in [3.63, 3.8) is 0 Å². The Morgan fingerprint density at radius 1 is 1.42 bits per heavy atom. The van der Waals surface area contributed by atoms with Crippen LogP contribution in [0.25, 0.3) is 0 Å². The second-order valence-electron chi connectivity index (χ2n) is 5.43. The number of nitro groups is 1. The maximum absolute atomic E-state index is 12.4. The standard InChI is InChI=1S/C14H16N2O3/c1-9-6-7-15(12-5-3-2-4-10(9)12)14(17)11-8-13(11)16(18)19/h2-5,9,11,13H,6-8H2,1H3. The van der Waals surface area contributed by atoms with E-state index in [1.54, 1.807) is 4.90 Å². The van der Waals surface area contributed by atoms with Gasteiger partial charge < -0.3 is 4.90 Å². The molecule has 2 aliphatic rings. The molecule has 3 unspecified atom stereocenters. The molecule has 1 aromatic rings. The van der Waals surface area contributed by atoms with E-state index in [1.165, 1.54) is 5.56 Å². The van der Waals surface area contributed by atoms with Gasteiger partial charge >= 0.3 is 0 Å². The Bertz CT molecular complexity index is 543. The summed E-state index contributed by atoms with van der Waals surface area (Å²) in [6.45, 7) is 2.82. The minimum Gasteiger partial charge on any atom is -0.312 e. The van der Waals surface area contributed by atoms with Gasteiger partial charge in [0.25, 0.3) is 0 Å². The molecule has 100 valence electrons. The Labute approximate surface area is 111 Å². The van der Waals surface area contributed by atoms with E-state index in [-0.39, 0.29) is 10.8 Å². The summed E-state index contributed by atoms with van der Waals surface area (Å²) in [7, 11) is 0. The van der Waals surface area contributed by atoms with E-state index in [1.807, 2.05) is 24.3 Å². The van der Waals surface area contributed by atoms with Crippen LogP contribution in [-0.4, -0.2) is 23.4 Å². The van der Waals surface area contributed by atoms with Crippen molar-refractivity contribution in [1.29, 1.82) is 0 Å². The lowest BCUT2D eigenvalue weighted by Gasteiger charge is -2.32. The highest BCUT2D eigenvalue weighted by Gasteiger charge is 2.55. The number of carbonyl (C=O) groups is 1. The van der Waals surface area contributed by atoms with Gasteiger partial charge in [-0.3, -0.25) is 14.9 Å². The molecule has 3 atom stereocenters. The summed E-state index contributed by atoms with van der Waals surface area (Å²) >= 11 is 0. The molecule has 0 N–H and O–H groups in total. The lowest BCUT2D eigenvalue weighted by atomic mass is 9.91. The minimum atomic E-state index is -0.668. The molecule has 1 aromatic carbocycles. The van der Waals surface area contributed by atoms with Crippen molar-refractivity contribution in [3.8, 4) is 0 Å². The first-order valence-corrected chi connectivity index (χ1v) is 6.63. The third-order valence-electron chi connectivity index (χ3n) is 4.15. The lowest BCUT2D eigenvalue weighted by Crippen LogP contribution is -2.38. The van der Waals surface area contributed by atoms with Crippen LogP contribution in [-0.2, 0) is 4.79 Å². The second kappa shape index (κ2) is 4.33. The Morgan fingerprint density at radius 3 is 2.84 bits per heavy atom. The van der Waals surface area contributed by atoms with E-state index < -0.39 is 12.0 Å². The monoisotopic (exact) mass is 260 g/mol. The Hall–Kier alpha value is -1.91. The molecule has 1 aliphatic heterocycles. The highest BCUT2D eigenvalue weighted by atomic mass is 16.6. The molecule has 1 aliphatic carbocycles. The maximum Gasteiger partial charge on any atom is 0.237 e. The number of carbonyl (C=O) groups excluding carboxylic acids is 1. The minimum absolute atomic E-state index is 0.0824. The van der Waals surface area contributed by atoms with Crippen LogP contribution >= 0.6 is 0 Å². The number of rotatable bonds is 2. The summed E-state index contributed by atoms with van der Waals surface area (Å²) in [5.41, 5.74) is 2.10. The van der Waals surface area contributed by atoms with Crippen LogP contribution in [0.5, 0.6) is 0 Å². The third-order valence-corrected chi connectivity index (χ3v) is 4.15. The molecule has 0 aromatic heterocycles. The van der Waals surface area contributed by atoms with Crippen molar-refractivity contribution in [2.24, 2.45) is 5.92 Å². The zero-order chi connectivity index (χ0) is 13.6. The van der Waals surface area contributed by atoms with Crippen LogP contribution in [0.15, 0.2) is 24.3 Å². The zero-order valence-electron chi connectivity index (χ0n) is 10.8. The number of fused-ring (bicyclic) bond motifs is 1. The summed E-state index contributed by atoms with van der Waals surface area (Å²) in [5.74, 6) is -0.0664. The Balaban J connectivity index is 1.85. The van der Waals surface area contributed by atoms with Crippen LogP contribution in [0.4, 0.5) is 5.69 Å². The van der Waals surface area contributed by atoms with Gasteiger partial charge in [-0.25, -0.2) is 0 Å². The van der Waals surface area contributed by atoms with Crippen LogP contribution in [0.2, 0.25) is 0 Å². The molecular formula is C14H16N2O3. The van der Waals surface area contributed by atoms with Crippen molar-refractivity contribution in [1.82, 2.24) is 0 Å². The predicted molar refractivity (Wildman–Crippen MR) is 70.7 cm³/mol. The quantitative estimate of drug-likeness (QED) is 0.605. The lowest BCUT2D eigenvalue weighted by molar-refractivity contribution is -0.497. The summed E-state index contributed by atoms with van der Waals surface area (Å²) < 4.78 is 0. The van der Waals surface area contributed by atoms with Gasteiger partial charge in [-0.2, -0.15) is 0 Å². The highest BCUT2D eigenvalue weighted by Crippen LogP contribution is 2.40. The molecule has 1 saturated carbocycles. The Kier molecular flexibility index (Phi) is 2.77. The Morgan fingerprint density at radius 2 is 2.16 bits per heavy atom. The fraction of sp³-hybridized carbons (Fsp3) is 0.500. The number of hydrogen-bond acceptors (Lipinski definition) is 3. The van der Waals surface area contributed by atoms with Crippen LogP contribution in [0.3, 0.4) is 0 Å². The van der Waals surface area contributed by atoms with E-state index in [0.717, 1.165) is 12.1 Å². The van der Waals surface area contributed by atoms with E-state index in [0.29, 0.717) is 18.9 Å². The van der Waals surface area contributed by atoms with Gasteiger partial charge in [0.15, 0.2) is 0 Å². The van der Waals surface area contributed by atoms with Crippen molar-refractivity contribution in [2.75, 3.05) is 11.4 Å². The molecule has 0 bridgehead atoms. The summed E-state index contributed by atoms with van der Waals surface area (Å²) in [4.78, 5) is 24.5. The average Bonchev–Trinajstić information content (AvgIpc) is 3.19. The number of hydrogen-bond donors (Lipinski definition) is 0. The fourth-order valence-corrected chi connectivity index (χ4v) is 2.86. The van der Waals surface area contributed by atoms with Gasteiger partial charge in [-0.1, -0.05) is 25.1 Å². The second-order valence-corrected chi connectivity index (χ2v) is 5.43. The molecule has 3 rings (SSSR count). The van der Waals surface area contributed by atoms with Crippen LogP contribution in [0.1, 0.15) is 31.2 Å². The fourth-order valence-electron chi connectivity index (χ4n) is 2.86. The zero-order valence-corrected chi connectivity index (χ0v) is 10.8. The molecule has 5 heteroatoms. The van der Waals surface area contributed by atoms with Crippen LogP contribution in [0, 0.1) is 16.0 Å². The number of benzene rings is 1. The van der Waals surface area contributed by atoms with Gasteiger partial charge in [-0.05, 0) is 24.0 Å². The van der Waals surface area contributed by atoms with Gasteiger partial charge in [0, 0.05) is 23.6 Å². The van der Waals surface area contributed by atoms with Crippen molar-refractivity contribution in [2.45, 2.75) is 31.7 Å². The van der Waals surface area contributed by atoms with Crippen molar-refractivity contribution in [3.05, 3.63) is 39.9 Å². The number of anilines is 1. The van der Waals surface area contributed by atoms with E-state index in [2.05, 4.69) is 6.92 Å². The molecule has 0 radical (unpaired) electrons. The normalized spacial score (nSPS) is 28.7. The van der Waals surface area contributed by atoms with Gasteiger partial charge in [0.2, 0.25) is 11.9 Å². The summed E-state index contributed by atoms with van der Waals surface area (Å²) in [6.07, 6.45) is 1.30. The molecule has 1 amide bonds. The van der Waals surface area contributed by atoms with E-state index >= 15 is 0 Å². The highest BCUT2D eigenvalue weighted by molar-refractivity contribution is 5.98. The molecule has 1 heterocycles. The average molecular weight is 260 g/mol. The molecular weight excluding hydrogens is 244 g/mol. The summed E-state index contributed by atoms with van der Waals surface area (Å²) in [5, 5.41) is 10.7. The molecule has 19 heavy (non-hydrogen) atoms. The molecule has 5 nitrogen and oxygen atoms in total. The summed E-state index contributed by atoms with van der Waals surface area (Å²) in [6, 6.07) is 7.19. The molecule has 1 fully saturated rings. The SMILES string of the molecule is CC1CCN(C(=O)C2CC2[N+](=O)[O-])c2ccccc21. The molecule has 0 spiro atoms. The first-order valence-electron chi connectivity index (χ1n) is 6.63. The first kappa shape index (κ1) is 12.1. The number of nitrogens with zero attached hydrogens (tertiary/aromatic N) is 2. The van der Waals surface area contributed by atoms with Crippen LogP contribution < -0.4 is 4.90 Å². The molecule has 0 saturated heterocycles. The van der Waals surface area contributed by atoms with E-state index in [9.17, 15) is 14.9 Å². The topological polar surface area (TPSA) is 63.5 Å². The van der Waals surface area contributed by atoms with Gasteiger partial charge in [-0.15, -0.1) is 0 Å². The maximum atomic E-state index is 12.4. The first-order chi connectivity index (χ1) is 9.09. The number of amides is 1. The largest absolute Gasteiger partial charge is 0.312 e. The predicted octanol–water partition coefficient (Wildman–Crippen LogP) is 2.19. The van der Waals surface area contributed by atoms with Gasteiger partial charge in [0.1, 0.15) is 5.92 Å². The third kappa shape index (κ3) is 1.99. The van der Waals surface area contributed by atoms with Crippen molar-refractivity contribution >= 4 is 11.6 Å². The number of para-hydroxylation sites is 1. The van der Waals surface area contributed by atoms with E-state index in [4.69, 9.17) is 0 Å².